The number of anilines is 1. The fourth-order valence-electron chi connectivity index (χ4n) is 1.35. The van der Waals surface area contributed by atoms with Crippen LogP contribution in [-0.4, -0.2) is 44.6 Å². The van der Waals surface area contributed by atoms with Crippen molar-refractivity contribution >= 4 is 12.1 Å². The highest BCUT2D eigenvalue weighted by molar-refractivity contribution is 5.74. The Morgan fingerprint density at radius 1 is 1.50 bits per heavy atom. The average molecular weight is 223 g/mol. The predicted octanol–water partition coefficient (Wildman–Crippen LogP) is 0.306. The summed E-state index contributed by atoms with van der Waals surface area (Å²) in [5, 5.41) is 0. The molecule has 0 aliphatic rings. The van der Waals surface area contributed by atoms with Gasteiger partial charge in [-0.05, 0) is 12.1 Å². The van der Waals surface area contributed by atoms with Crippen molar-refractivity contribution in [2.45, 2.75) is 0 Å². The van der Waals surface area contributed by atoms with E-state index in [1.807, 2.05) is 11.0 Å². The van der Waals surface area contributed by atoms with Crippen LogP contribution in [0.25, 0.3) is 0 Å². The first-order valence-electron chi connectivity index (χ1n) is 5.17. The second-order valence-corrected chi connectivity index (χ2v) is 3.34. The summed E-state index contributed by atoms with van der Waals surface area (Å²) in [5.74, 6) is 0.813. The van der Waals surface area contributed by atoms with Crippen LogP contribution in [0.1, 0.15) is 10.4 Å². The van der Waals surface area contributed by atoms with Gasteiger partial charge in [0.25, 0.3) is 0 Å². The van der Waals surface area contributed by atoms with E-state index in [0.29, 0.717) is 18.7 Å². The molecule has 0 bridgehead atoms. The fraction of sp³-hybridized carbons (Fsp3) is 0.455. The number of nitrogens with zero attached hydrogens (tertiary/aromatic N) is 2. The lowest BCUT2D eigenvalue weighted by Crippen LogP contribution is -2.33. The van der Waals surface area contributed by atoms with Gasteiger partial charge < -0.3 is 15.4 Å². The first-order valence-corrected chi connectivity index (χ1v) is 5.17. The highest BCUT2D eigenvalue weighted by Crippen LogP contribution is 2.09. The van der Waals surface area contributed by atoms with Gasteiger partial charge in [0.15, 0.2) is 6.29 Å². The summed E-state index contributed by atoms with van der Waals surface area (Å²) >= 11 is 0. The minimum Gasteiger partial charge on any atom is -0.383 e. The molecule has 0 spiro atoms. The first kappa shape index (κ1) is 12.6. The summed E-state index contributed by atoms with van der Waals surface area (Å²) in [5.41, 5.74) is 6.10. The minimum atomic E-state index is 0.556. The fourth-order valence-corrected chi connectivity index (χ4v) is 1.35. The lowest BCUT2D eigenvalue weighted by atomic mass is 10.3. The van der Waals surface area contributed by atoms with Gasteiger partial charge in [-0.15, -0.1) is 0 Å². The molecule has 1 heterocycles. The van der Waals surface area contributed by atoms with E-state index in [-0.39, 0.29) is 0 Å². The van der Waals surface area contributed by atoms with Crippen molar-refractivity contribution in [3.8, 4) is 0 Å². The molecular weight excluding hydrogens is 206 g/mol. The number of carbonyl (C=O) groups excluding carboxylic acids is 1. The second kappa shape index (κ2) is 6.92. The van der Waals surface area contributed by atoms with E-state index in [4.69, 9.17) is 10.5 Å². The molecule has 0 saturated heterocycles. The molecule has 1 aromatic rings. The maximum absolute atomic E-state index is 10.5. The molecule has 0 atom stereocenters. The molecule has 0 aromatic carbocycles. The van der Waals surface area contributed by atoms with E-state index >= 15 is 0 Å². The zero-order valence-corrected chi connectivity index (χ0v) is 9.43. The molecule has 0 unspecified atom stereocenters. The van der Waals surface area contributed by atoms with E-state index < -0.39 is 0 Å². The van der Waals surface area contributed by atoms with Gasteiger partial charge in [-0.2, -0.15) is 0 Å². The summed E-state index contributed by atoms with van der Waals surface area (Å²) in [4.78, 5) is 16.7. The molecule has 1 aromatic heterocycles. The SMILES string of the molecule is COCCN(CCN)c1ccc(C=O)cn1. The summed E-state index contributed by atoms with van der Waals surface area (Å²) in [6.45, 7) is 2.63. The predicted molar refractivity (Wildman–Crippen MR) is 62.8 cm³/mol. The third-order valence-corrected chi connectivity index (χ3v) is 2.20. The summed E-state index contributed by atoms with van der Waals surface area (Å²) in [6.07, 6.45) is 2.33. The van der Waals surface area contributed by atoms with Crippen molar-refractivity contribution in [3.05, 3.63) is 23.9 Å². The number of hydrogen-bond acceptors (Lipinski definition) is 5. The van der Waals surface area contributed by atoms with Gasteiger partial charge in [-0.25, -0.2) is 4.98 Å². The molecule has 0 aliphatic carbocycles. The Hall–Kier alpha value is -1.46. The van der Waals surface area contributed by atoms with Gasteiger partial charge in [0.05, 0.1) is 6.61 Å². The van der Waals surface area contributed by atoms with Crippen molar-refractivity contribution in [2.24, 2.45) is 5.73 Å². The molecule has 0 saturated carbocycles. The molecule has 88 valence electrons. The maximum Gasteiger partial charge on any atom is 0.151 e. The van der Waals surface area contributed by atoms with Crippen LogP contribution >= 0.6 is 0 Å². The third kappa shape index (κ3) is 3.60. The third-order valence-electron chi connectivity index (χ3n) is 2.20. The summed E-state index contributed by atoms with van der Waals surface area (Å²) in [7, 11) is 1.66. The largest absolute Gasteiger partial charge is 0.383 e. The Balaban J connectivity index is 2.70. The van der Waals surface area contributed by atoms with Gasteiger partial charge in [0.2, 0.25) is 0 Å². The van der Waals surface area contributed by atoms with Gasteiger partial charge in [-0.1, -0.05) is 0 Å². The topological polar surface area (TPSA) is 68.5 Å². The van der Waals surface area contributed by atoms with Crippen LogP contribution in [0.4, 0.5) is 5.82 Å². The van der Waals surface area contributed by atoms with E-state index in [1.54, 1.807) is 19.4 Å². The highest BCUT2D eigenvalue weighted by Gasteiger charge is 2.06. The monoisotopic (exact) mass is 223 g/mol. The zero-order chi connectivity index (χ0) is 11.8. The Kier molecular flexibility index (Phi) is 5.45. The lowest BCUT2D eigenvalue weighted by molar-refractivity contribution is 0.112. The molecule has 2 N–H and O–H groups in total. The quantitative estimate of drug-likeness (QED) is 0.674. The Labute approximate surface area is 95.2 Å². The van der Waals surface area contributed by atoms with Crippen molar-refractivity contribution in [1.29, 1.82) is 0 Å². The molecule has 0 aliphatic heterocycles. The number of methoxy groups -OCH3 is 1. The summed E-state index contributed by atoms with van der Waals surface area (Å²) in [6, 6.07) is 3.56. The van der Waals surface area contributed by atoms with E-state index in [2.05, 4.69) is 4.98 Å². The molecule has 16 heavy (non-hydrogen) atoms. The summed E-state index contributed by atoms with van der Waals surface area (Å²) < 4.78 is 5.02. The number of carbonyl (C=O) groups is 1. The average Bonchev–Trinajstić information content (AvgIpc) is 2.35. The van der Waals surface area contributed by atoms with Crippen molar-refractivity contribution < 1.29 is 9.53 Å². The van der Waals surface area contributed by atoms with Gasteiger partial charge >= 0.3 is 0 Å². The van der Waals surface area contributed by atoms with E-state index in [9.17, 15) is 4.79 Å². The Bertz CT molecular complexity index is 314. The highest BCUT2D eigenvalue weighted by atomic mass is 16.5. The molecule has 0 amide bonds. The van der Waals surface area contributed by atoms with Crippen molar-refractivity contribution in [2.75, 3.05) is 38.3 Å². The van der Waals surface area contributed by atoms with Crippen LogP contribution < -0.4 is 10.6 Å². The second-order valence-electron chi connectivity index (χ2n) is 3.34. The number of ether oxygens (including phenoxy) is 1. The number of rotatable bonds is 7. The van der Waals surface area contributed by atoms with Crippen molar-refractivity contribution in [1.82, 2.24) is 4.98 Å². The van der Waals surface area contributed by atoms with Gasteiger partial charge in [-0.3, -0.25) is 4.79 Å². The normalized spacial score (nSPS) is 10.1. The standard InChI is InChI=1S/C11H17N3O2/c1-16-7-6-14(5-4-12)11-3-2-10(9-15)8-13-11/h2-3,8-9H,4-7,12H2,1H3. The van der Waals surface area contributed by atoms with Crippen LogP contribution in [0.5, 0.6) is 0 Å². The van der Waals surface area contributed by atoms with Crippen LogP contribution in [0.15, 0.2) is 18.3 Å². The van der Waals surface area contributed by atoms with Crippen molar-refractivity contribution in [3.63, 3.8) is 0 Å². The number of aldehydes is 1. The maximum atomic E-state index is 10.5. The number of aromatic nitrogens is 1. The Morgan fingerprint density at radius 3 is 2.81 bits per heavy atom. The van der Waals surface area contributed by atoms with Crippen LogP contribution in [0.2, 0.25) is 0 Å². The number of nitrogens with two attached hydrogens (primary N) is 1. The minimum absolute atomic E-state index is 0.556. The van der Waals surface area contributed by atoms with E-state index in [1.165, 1.54) is 0 Å². The number of pyridine rings is 1. The molecule has 1 rings (SSSR count). The molecule has 5 heteroatoms. The van der Waals surface area contributed by atoms with Gasteiger partial charge in [0.1, 0.15) is 5.82 Å². The molecule has 5 nitrogen and oxygen atoms in total. The van der Waals surface area contributed by atoms with Gasteiger partial charge in [0, 0.05) is 38.5 Å². The van der Waals surface area contributed by atoms with Crippen LogP contribution in [0.3, 0.4) is 0 Å². The van der Waals surface area contributed by atoms with E-state index in [0.717, 1.165) is 25.2 Å². The lowest BCUT2D eigenvalue weighted by Gasteiger charge is -2.22. The first-order chi connectivity index (χ1) is 7.81. The smallest absolute Gasteiger partial charge is 0.151 e. The van der Waals surface area contributed by atoms with Crippen LogP contribution in [-0.2, 0) is 4.74 Å². The zero-order valence-electron chi connectivity index (χ0n) is 9.43. The number of hydrogen-bond donors (Lipinski definition) is 1. The molecular formula is C11H17N3O2. The molecule has 0 fully saturated rings. The molecule has 0 radical (unpaired) electrons. The Morgan fingerprint density at radius 2 is 2.31 bits per heavy atom. The van der Waals surface area contributed by atoms with Crippen LogP contribution in [0, 0.1) is 0 Å².